The number of hydrogen-bond donors (Lipinski definition) is 2. The largest absolute Gasteiger partial charge is 0.348 e. The van der Waals surface area contributed by atoms with Gasteiger partial charge in [0.2, 0.25) is 0 Å². The average molecular weight is 236 g/mol. The Kier molecular flexibility index (Phi) is 3.74. The van der Waals surface area contributed by atoms with E-state index in [0.717, 1.165) is 24.4 Å². The molecule has 0 atom stereocenters. The van der Waals surface area contributed by atoms with Gasteiger partial charge in [-0.2, -0.15) is 0 Å². The fourth-order valence-corrected chi connectivity index (χ4v) is 2.45. The van der Waals surface area contributed by atoms with Crippen molar-refractivity contribution in [3.63, 3.8) is 0 Å². The van der Waals surface area contributed by atoms with Crippen molar-refractivity contribution < 1.29 is 4.79 Å². The predicted octanol–water partition coefficient (Wildman–Crippen LogP) is 1.71. The van der Waals surface area contributed by atoms with Crippen molar-refractivity contribution in [2.24, 2.45) is 0 Å². The lowest BCUT2D eigenvalue weighted by Crippen LogP contribution is -2.29. The standard InChI is InChI=1S/C12H16N2OS/c1-9-2-3-11(16-9)12(15)14-8-10-4-6-13-7-5-10/h2-4,13H,5-8H2,1H3,(H,14,15). The summed E-state index contributed by atoms with van der Waals surface area (Å²) in [5.74, 6) is 0.0394. The van der Waals surface area contributed by atoms with E-state index in [2.05, 4.69) is 16.7 Å². The Morgan fingerprint density at radius 1 is 1.56 bits per heavy atom. The summed E-state index contributed by atoms with van der Waals surface area (Å²) in [5, 5.41) is 6.21. The minimum atomic E-state index is 0.0394. The molecule has 0 aliphatic carbocycles. The fraction of sp³-hybridized carbons (Fsp3) is 0.417. The number of carbonyl (C=O) groups is 1. The number of aryl methyl sites for hydroxylation is 1. The molecule has 2 rings (SSSR count). The summed E-state index contributed by atoms with van der Waals surface area (Å²) in [6, 6.07) is 3.86. The molecule has 0 aromatic carbocycles. The van der Waals surface area contributed by atoms with Gasteiger partial charge in [-0.05, 0) is 32.0 Å². The zero-order valence-electron chi connectivity index (χ0n) is 9.38. The Morgan fingerprint density at radius 2 is 2.44 bits per heavy atom. The molecule has 2 heterocycles. The first-order valence-electron chi connectivity index (χ1n) is 5.49. The van der Waals surface area contributed by atoms with Crippen LogP contribution in [0.2, 0.25) is 0 Å². The lowest BCUT2D eigenvalue weighted by Gasteiger charge is -2.14. The summed E-state index contributed by atoms with van der Waals surface area (Å²) in [4.78, 5) is 13.7. The van der Waals surface area contributed by atoms with Gasteiger partial charge in [-0.1, -0.05) is 11.6 Å². The minimum Gasteiger partial charge on any atom is -0.348 e. The van der Waals surface area contributed by atoms with Crippen LogP contribution in [-0.4, -0.2) is 25.5 Å². The van der Waals surface area contributed by atoms with Gasteiger partial charge in [-0.3, -0.25) is 4.79 Å². The van der Waals surface area contributed by atoms with Gasteiger partial charge in [0.1, 0.15) is 0 Å². The molecular weight excluding hydrogens is 220 g/mol. The lowest BCUT2D eigenvalue weighted by molar-refractivity contribution is 0.0960. The van der Waals surface area contributed by atoms with E-state index in [-0.39, 0.29) is 5.91 Å². The van der Waals surface area contributed by atoms with E-state index >= 15 is 0 Å². The molecule has 0 radical (unpaired) electrons. The third-order valence-electron chi connectivity index (χ3n) is 2.60. The highest BCUT2D eigenvalue weighted by Gasteiger charge is 2.09. The van der Waals surface area contributed by atoms with Crippen molar-refractivity contribution in [1.82, 2.24) is 10.6 Å². The molecule has 1 aromatic heterocycles. The first kappa shape index (κ1) is 11.4. The molecule has 0 fully saturated rings. The molecular formula is C12H16N2OS. The van der Waals surface area contributed by atoms with Gasteiger partial charge in [0, 0.05) is 18.0 Å². The van der Waals surface area contributed by atoms with E-state index < -0.39 is 0 Å². The Morgan fingerprint density at radius 3 is 3.06 bits per heavy atom. The summed E-state index contributed by atoms with van der Waals surface area (Å²) in [5.41, 5.74) is 1.32. The smallest absolute Gasteiger partial charge is 0.261 e. The second-order valence-electron chi connectivity index (χ2n) is 3.91. The fourth-order valence-electron chi connectivity index (χ4n) is 1.67. The molecule has 0 saturated heterocycles. The Labute approximate surface area is 99.6 Å². The molecule has 1 aromatic rings. The van der Waals surface area contributed by atoms with Gasteiger partial charge in [0.05, 0.1) is 4.88 Å². The zero-order chi connectivity index (χ0) is 11.4. The van der Waals surface area contributed by atoms with Crippen molar-refractivity contribution in [3.05, 3.63) is 33.5 Å². The third-order valence-corrected chi connectivity index (χ3v) is 3.60. The van der Waals surface area contributed by atoms with Crippen molar-refractivity contribution in [2.45, 2.75) is 13.3 Å². The normalized spacial score (nSPS) is 15.7. The Bertz CT molecular complexity index is 409. The monoisotopic (exact) mass is 236 g/mol. The highest BCUT2D eigenvalue weighted by atomic mass is 32.1. The maximum Gasteiger partial charge on any atom is 0.261 e. The summed E-state index contributed by atoms with van der Waals surface area (Å²) in [6.45, 7) is 4.62. The van der Waals surface area contributed by atoms with Gasteiger partial charge < -0.3 is 10.6 Å². The summed E-state index contributed by atoms with van der Waals surface area (Å²) in [7, 11) is 0. The maximum absolute atomic E-state index is 11.8. The summed E-state index contributed by atoms with van der Waals surface area (Å²) in [6.07, 6.45) is 3.19. The van der Waals surface area contributed by atoms with Crippen LogP contribution in [0.25, 0.3) is 0 Å². The van der Waals surface area contributed by atoms with E-state index in [1.54, 1.807) is 0 Å². The third kappa shape index (κ3) is 2.93. The van der Waals surface area contributed by atoms with Crippen LogP contribution in [0.1, 0.15) is 21.0 Å². The first-order valence-corrected chi connectivity index (χ1v) is 6.30. The van der Waals surface area contributed by atoms with E-state index in [9.17, 15) is 4.79 Å². The van der Waals surface area contributed by atoms with E-state index in [4.69, 9.17) is 0 Å². The zero-order valence-corrected chi connectivity index (χ0v) is 10.2. The van der Waals surface area contributed by atoms with Crippen molar-refractivity contribution in [2.75, 3.05) is 19.6 Å². The van der Waals surface area contributed by atoms with Crippen LogP contribution in [0.15, 0.2) is 23.8 Å². The van der Waals surface area contributed by atoms with Crippen molar-refractivity contribution in [3.8, 4) is 0 Å². The quantitative estimate of drug-likeness (QED) is 0.784. The predicted molar refractivity (Wildman–Crippen MR) is 67.0 cm³/mol. The minimum absolute atomic E-state index is 0.0394. The van der Waals surface area contributed by atoms with Crippen LogP contribution < -0.4 is 10.6 Å². The van der Waals surface area contributed by atoms with Crippen LogP contribution in [0.3, 0.4) is 0 Å². The van der Waals surface area contributed by atoms with Gasteiger partial charge in [0.15, 0.2) is 0 Å². The molecule has 2 N–H and O–H groups in total. The van der Waals surface area contributed by atoms with Gasteiger partial charge in [0.25, 0.3) is 5.91 Å². The molecule has 0 bridgehead atoms. The molecule has 86 valence electrons. The van der Waals surface area contributed by atoms with Gasteiger partial charge >= 0.3 is 0 Å². The van der Waals surface area contributed by atoms with Crippen molar-refractivity contribution in [1.29, 1.82) is 0 Å². The highest BCUT2D eigenvalue weighted by molar-refractivity contribution is 7.13. The lowest BCUT2D eigenvalue weighted by atomic mass is 10.1. The van der Waals surface area contributed by atoms with Gasteiger partial charge in [-0.15, -0.1) is 11.3 Å². The Hall–Kier alpha value is -1.13. The number of rotatable bonds is 3. The molecule has 0 saturated carbocycles. The number of carbonyl (C=O) groups excluding carboxylic acids is 1. The summed E-state index contributed by atoms with van der Waals surface area (Å²) >= 11 is 1.54. The molecule has 4 heteroatoms. The topological polar surface area (TPSA) is 41.1 Å². The molecule has 1 aliphatic rings. The van der Waals surface area contributed by atoms with Crippen LogP contribution in [-0.2, 0) is 0 Å². The molecule has 3 nitrogen and oxygen atoms in total. The number of hydrogen-bond acceptors (Lipinski definition) is 3. The molecule has 16 heavy (non-hydrogen) atoms. The average Bonchev–Trinajstić information content (AvgIpc) is 2.74. The second kappa shape index (κ2) is 5.27. The number of thiophene rings is 1. The van der Waals surface area contributed by atoms with E-state index in [1.807, 2.05) is 19.1 Å². The number of nitrogens with one attached hydrogen (secondary N) is 2. The first-order chi connectivity index (χ1) is 7.75. The number of amides is 1. The SMILES string of the molecule is Cc1ccc(C(=O)NCC2=CCNCC2)s1. The highest BCUT2D eigenvalue weighted by Crippen LogP contribution is 2.14. The Balaban J connectivity index is 1.86. The maximum atomic E-state index is 11.8. The molecule has 0 unspecified atom stereocenters. The molecule has 1 aliphatic heterocycles. The van der Waals surface area contributed by atoms with Crippen LogP contribution in [0.5, 0.6) is 0 Å². The van der Waals surface area contributed by atoms with Crippen molar-refractivity contribution >= 4 is 17.2 Å². The summed E-state index contributed by atoms with van der Waals surface area (Å²) < 4.78 is 0. The van der Waals surface area contributed by atoms with E-state index in [1.165, 1.54) is 21.8 Å². The van der Waals surface area contributed by atoms with Gasteiger partial charge in [-0.25, -0.2) is 0 Å². The van der Waals surface area contributed by atoms with Crippen LogP contribution >= 0.6 is 11.3 Å². The van der Waals surface area contributed by atoms with E-state index in [0.29, 0.717) is 6.54 Å². The molecule has 0 spiro atoms. The van der Waals surface area contributed by atoms with Crippen LogP contribution in [0, 0.1) is 6.92 Å². The second-order valence-corrected chi connectivity index (χ2v) is 5.20. The molecule has 1 amide bonds. The van der Waals surface area contributed by atoms with Crippen LogP contribution in [0.4, 0.5) is 0 Å².